The molecule has 1 aromatic carbocycles. The number of imide groups is 1. The van der Waals surface area contributed by atoms with Crippen molar-refractivity contribution in [1.82, 2.24) is 10.2 Å². The summed E-state index contributed by atoms with van der Waals surface area (Å²) in [7, 11) is 0. The van der Waals surface area contributed by atoms with E-state index in [4.69, 9.17) is 0 Å². The van der Waals surface area contributed by atoms with E-state index in [1.807, 2.05) is 0 Å². The molecule has 0 aromatic heterocycles. The molecule has 2 amide bonds. The number of amides is 2. The lowest BCUT2D eigenvalue weighted by Crippen LogP contribution is -2.47. The molecular formula is C19H24FN3O3. The Morgan fingerprint density at radius 3 is 2.65 bits per heavy atom. The fourth-order valence-electron chi connectivity index (χ4n) is 3.71. The number of ketones is 1. The van der Waals surface area contributed by atoms with E-state index in [0.29, 0.717) is 24.2 Å². The van der Waals surface area contributed by atoms with Gasteiger partial charge in [0.1, 0.15) is 17.6 Å². The van der Waals surface area contributed by atoms with Gasteiger partial charge >= 0.3 is 0 Å². The second-order valence-corrected chi connectivity index (χ2v) is 7.11. The highest BCUT2D eigenvalue weighted by Gasteiger charge is 2.28. The lowest BCUT2D eigenvalue weighted by molar-refractivity contribution is -0.133. The van der Waals surface area contributed by atoms with Crippen LogP contribution in [0.2, 0.25) is 0 Å². The maximum atomic E-state index is 15.0. The van der Waals surface area contributed by atoms with Crippen LogP contribution in [0.1, 0.15) is 44.1 Å². The number of piperidine rings is 2. The molecule has 0 aliphatic carbocycles. The molecule has 6 nitrogen and oxygen atoms in total. The van der Waals surface area contributed by atoms with Crippen LogP contribution in [0.5, 0.6) is 0 Å². The van der Waals surface area contributed by atoms with Crippen molar-refractivity contribution in [2.75, 3.05) is 25.0 Å². The topological polar surface area (TPSA) is 78.5 Å². The van der Waals surface area contributed by atoms with Gasteiger partial charge in [0.2, 0.25) is 11.8 Å². The summed E-state index contributed by atoms with van der Waals surface area (Å²) in [6.07, 6.45) is 2.20. The molecule has 3 rings (SSSR count). The van der Waals surface area contributed by atoms with Gasteiger partial charge in [-0.2, -0.15) is 0 Å². The molecule has 2 aliphatic heterocycles. The van der Waals surface area contributed by atoms with E-state index in [0.717, 1.165) is 25.9 Å². The maximum absolute atomic E-state index is 15.0. The van der Waals surface area contributed by atoms with Gasteiger partial charge in [-0.1, -0.05) is 12.1 Å². The van der Waals surface area contributed by atoms with Gasteiger partial charge in [-0.25, -0.2) is 4.39 Å². The summed E-state index contributed by atoms with van der Waals surface area (Å²) in [4.78, 5) is 36.4. The first kappa shape index (κ1) is 18.5. The van der Waals surface area contributed by atoms with Gasteiger partial charge in [0.05, 0.1) is 12.2 Å². The van der Waals surface area contributed by atoms with Crippen molar-refractivity contribution >= 4 is 23.3 Å². The summed E-state index contributed by atoms with van der Waals surface area (Å²) in [6, 6.07) is 4.59. The number of likely N-dealkylation sites (tertiary alicyclic amines) is 1. The summed E-state index contributed by atoms with van der Waals surface area (Å²) in [5.41, 5.74) is 0.938. The Balaban J connectivity index is 1.67. The molecule has 2 aliphatic rings. The quantitative estimate of drug-likeness (QED) is 0.782. The van der Waals surface area contributed by atoms with E-state index in [2.05, 4.69) is 15.5 Å². The molecule has 2 heterocycles. The first-order valence-electron chi connectivity index (χ1n) is 9.04. The maximum Gasteiger partial charge on any atom is 0.249 e. The number of hydrogen-bond donors (Lipinski definition) is 2. The lowest BCUT2D eigenvalue weighted by Gasteiger charge is -2.32. The van der Waals surface area contributed by atoms with Gasteiger partial charge in [0, 0.05) is 6.42 Å². The Bertz CT molecular complexity index is 714. The molecule has 1 unspecified atom stereocenters. The van der Waals surface area contributed by atoms with Crippen LogP contribution in [0, 0.1) is 5.82 Å². The average Bonchev–Trinajstić information content (AvgIpc) is 2.59. The summed E-state index contributed by atoms with van der Waals surface area (Å²) in [5.74, 6) is -0.794. The van der Waals surface area contributed by atoms with Crippen molar-refractivity contribution in [2.45, 2.75) is 44.6 Å². The Kier molecular flexibility index (Phi) is 5.66. The fraction of sp³-hybridized carbons (Fsp3) is 0.526. The van der Waals surface area contributed by atoms with Crippen LogP contribution >= 0.6 is 0 Å². The number of rotatable bonds is 5. The van der Waals surface area contributed by atoms with Crippen LogP contribution in [0.15, 0.2) is 18.2 Å². The molecule has 1 atom stereocenters. The molecule has 2 N–H and O–H groups in total. The SMILES string of the molecule is CC(=O)CN1CCC(c2cccc(NC3CCC(=O)NC3=O)c2F)CC1. The summed E-state index contributed by atoms with van der Waals surface area (Å²) in [6.45, 7) is 3.57. The third-order valence-electron chi connectivity index (χ3n) is 5.07. The van der Waals surface area contributed by atoms with Gasteiger partial charge in [-0.3, -0.25) is 24.6 Å². The number of nitrogens with zero attached hydrogens (tertiary/aromatic N) is 1. The van der Waals surface area contributed by atoms with Gasteiger partial charge in [0.25, 0.3) is 0 Å². The van der Waals surface area contributed by atoms with Gasteiger partial charge in [0.15, 0.2) is 0 Å². The Morgan fingerprint density at radius 2 is 2.00 bits per heavy atom. The minimum Gasteiger partial charge on any atom is -0.371 e. The highest BCUT2D eigenvalue weighted by atomic mass is 19.1. The van der Waals surface area contributed by atoms with Crippen molar-refractivity contribution in [3.63, 3.8) is 0 Å². The lowest BCUT2D eigenvalue weighted by atomic mass is 9.88. The van der Waals surface area contributed by atoms with Crippen LogP contribution in [0.3, 0.4) is 0 Å². The van der Waals surface area contributed by atoms with Crippen molar-refractivity contribution in [2.24, 2.45) is 0 Å². The molecule has 2 saturated heterocycles. The zero-order valence-corrected chi connectivity index (χ0v) is 14.9. The van der Waals surface area contributed by atoms with Gasteiger partial charge < -0.3 is 5.32 Å². The van der Waals surface area contributed by atoms with E-state index >= 15 is 0 Å². The van der Waals surface area contributed by atoms with Crippen LogP contribution in [0.25, 0.3) is 0 Å². The molecule has 0 saturated carbocycles. The molecule has 2 fully saturated rings. The predicted octanol–water partition coefficient (Wildman–Crippen LogP) is 1.81. The molecule has 7 heteroatoms. The highest BCUT2D eigenvalue weighted by molar-refractivity contribution is 6.01. The predicted molar refractivity (Wildman–Crippen MR) is 95.3 cm³/mol. The monoisotopic (exact) mass is 361 g/mol. The molecule has 0 bridgehead atoms. The first-order chi connectivity index (χ1) is 12.4. The van der Waals surface area contributed by atoms with Gasteiger partial charge in [-0.05, 0) is 56.8 Å². The highest BCUT2D eigenvalue weighted by Crippen LogP contribution is 2.32. The zero-order valence-electron chi connectivity index (χ0n) is 14.9. The third kappa shape index (κ3) is 4.27. The standard InChI is InChI=1S/C19H24FN3O3/c1-12(24)11-23-9-7-13(8-10-23)14-3-2-4-15(18(14)20)21-16-5-6-17(25)22-19(16)26/h2-4,13,16,21H,5-11H2,1H3,(H,22,25,26). The smallest absolute Gasteiger partial charge is 0.249 e. The van der Waals surface area contributed by atoms with E-state index < -0.39 is 11.9 Å². The molecule has 1 aromatic rings. The number of halogens is 1. The second kappa shape index (κ2) is 7.95. The molecular weight excluding hydrogens is 337 g/mol. The van der Waals surface area contributed by atoms with Crippen LogP contribution in [-0.2, 0) is 14.4 Å². The van der Waals surface area contributed by atoms with E-state index in [9.17, 15) is 18.8 Å². The number of benzene rings is 1. The number of hydrogen-bond acceptors (Lipinski definition) is 5. The Hall–Kier alpha value is -2.28. The Labute approximate surface area is 152 Å². The normalized spacial score (nSPS) is 22.2. The second-order valence-electron chi connectivity index (χ2n) is 7.11. The largest absolute Gasteiger partial charge is 0.371 e. The average molecular weight is 361 g/mol. The molecule has 26 heavy (non-hydrogen) atoms. The number of carbonyl (C=O) groups excluding carboxylic acids is 3. The third-order valence-corrected chi connectivity index (χ3v) is 5.07. The number of anilines is 1. The van der Waals surface area contributed by atoms with Crippen LogP contribution in [-0.4, -0.2) is 48.2 Å². The molecule has 0 spiro atoms. The molecule has 0 radical (unpaired) electrons. The number of nitrogens with one attached hydrogen (secondary N) is 2. The Morgan fingerprint density at radius 1 is 1.27 bits per heavy atom. The minimum atomic E-state index is -0.602. The zero-order chi connectivity index (χ0) is 18.7. The number of Topliss-reactive ketones (excluding diaryl/α,β-unsaturated/α-hetero) is 1. The van der Waals surface area contributed by atoms with Crippen LogP contribution < -0.4 is 10.6 Å². The summed E-state index contributed by atoms with van der Waals surface area (Å²) >= 11 is 0. The summed E-state index contributed by atoms with van der Waals surface area (Å²) < 4.78 is 15.0. The number of carbonyl (C=O) groups is 3. The van der Waals surface area contributed by atoms with Gasteiger partial charge in [-0.15, -0.1) is 0 Å². The fourth-order valence-corrected chi connectivity index (χ4v) is 3.71. The van der Waals surface area contributed by atoms with Crippen molar-refractivity contribution in [3.05, 3.63) is 29.6 Å². The van der Waals surface area contributed by atoms with Crippen molar-refractivity contribution < 1.29 is 18.8 Å². The van der Waals surface area contributed by atoms with E-state index in [1.165, 1.54) is 0 Å². The van der Waals surface area contributed by atoms with Crippen molar-refractivity contribution in [1.29, 1.82) is 0 Å². The van der Waals surface area contributed by atoms with E-state index in [-0.39, 0.29) is 29.8 Å². The van der Waals surface area contributed by atoms with Crippen LogP contribution in [0.4, 0.5) is 10.1 Å². The van der Waals surface area contributed by atoms with Crippen molar-refractivity contribution in [3.8, 4) is 0 Å². The first-order valence-corrected chi connectivity index (χ1v) is 9.04. The van der Waals surface area contributed by atoms with E-state index in [1.54, 1.807) is 25.1 Å². The molecule has 140 valence electrons. The minimum absolute atomic E-state index is 0.0988. The summed E-state index contributed by atoms with van der Waals surface area (Å²) in [5, 5.41) is 5.21.